The zero-order valence-corrected chi connectivity index (χ0v) is 16.3. The lowest BCUT2D eigenvalue weighted by Crippen LogP contribution is -2.31. The quantitative estimate of drug-likeness (QED) is 0.805. The largest absolute Gasteiger partial charge is 0.338 e. The van der Waals surface area contributed by atoms with Gasteiger partial charge in [-0.05, 0) is 38.8 Å². The molecule has 1 aliphatic rings. The molecule has 1 aliphatic heterocycles. The second kappa shape index (κ2) is 7.23. The van der Waals surface area contributed by atoms with E-state index in [1.54, 1.807) is 15.6 Å². The van der Waals surface area contributed by atoms with Crippen LogP contribution in [0.25, 0.3) is 11.3 Å². The molecule has 140 valence electrons. The number of sulfone groups is 1. The predicted octanol–water partition coefficient (Wildman–Crippen LogP) is 2.70. The molecule has 6 nitrogen and oxygen atoms in total. The fraction of sp³-hybridized carbons (Fsp3) is 0.474. The van der Waals surface area contributed by atoms with Crippen LogP contribution in [0.15, 0.2) is 30.3 Å². The van der Waals surface area contributed by atoms with Gasteiger partial charge in [-0.2, -0.15) is 5.10 Å². The minimum atomic E-state index is -3.04. The number of aromatic nitrogens is 2. The van der Waals surface area contributed by atoms with Gasteiger partial charge in [0.2, 0.25) is 0 Å². The van der Waals surface area contributed by atoms with Crippen LogP contribution in [0.2, 0.25) is 0 Å². The van der Waals surface area contributed by atoms with Crippen LogP contribution >= 0.6 is 0 Å². The topological polar surface area (TPSA) is 72.3 Å². The highest BCUT2D eigenvalue weighted by atomic mass is 32.2. The van der Waals surface area contributed by atoms with Crippen LogP contribution in [0.3, 0.4) is 0 Å². The molecule has 1 saturated heterocycles. The Morgan fingerprint density at radius 1 is 1.23 bits per heavy atom. The van der Waals surface area contributed by atoms with Crippen molar-refractivity contribution in [1.29, 1.82) is 0 Å². The van der Waals surface area contributed by atoms with E-state index in [4.69, 9.17) is 0 Å². The maximum Gasteiger partial charge on any atom is 0.274 e. The van der Waals surface area contributed by atoms with E-state index in [0.717, 1.165) is 16.8 Å². The van der Waals surface area contributed by atoms with Crippen LogP contribution in [-0.2, 0) is 9.84 Å². The van der Waals surface area contributed by atoms with Crippen LogP contribution in [0.5, 0.6) is 0 Å². The van der Waals surface area contributed by atoms with E-state index in [1.807, 2.05) is 45.0 Å². The van der Waals surface area contributed by atoms with E-state index in [-0.39, 0.29) is 23.5 Å². The Balaban J connectivity index is 2.06. The van der Waals surface area contributed by atoms with E-state index in [1.165, 1.54) is 0 Å². The van der Waals surface area contributed by atoms with Crippen molar-refractivity contribution in [3.05, 3.63) is 41.6 Å². The van der Waals surface area contributed by atoms with Gasteiger partial charge in [0.1, 0.15) is 0 Å². The lowest BCUT2D eigenvalue weighted by atomic mass is 10.1. The highest BCUT2D eigenvalue weighted by Gasteiger charge is 2.32. The summed E-state index contributed by atoms with van der Waals surface area (Å²) in [5.41, 5.74) is 3.24. The first-order chi connectivity index (χ1) is 12.3. The Labute approximate surface area is 154 Å². The number of benzene rings is 1. The molecule has 3 rings (SSSR count). The molecular formula is C19H25N3O3S. The molecule has 1 aromatic carbocycles. The number of carbonyl (C=O) groups is 1. The van der Waals surface area contributed by atoms with E-state index < -0.39 is 9.84 Å². The average Bonchev–Trinajstić information content (AvgIpc) is 3.20. The third-order valence-corrected chi connectivity index (χ3v) is 6.66. The van der Waals surface area contributed by atoms with Gasteiger partial charge in [0.15, 0.2) is 15.5 Å². The van der Waals surface area contributed by atoms with E-state index in [9.17, 15) is 13.2 Å². The van der Waals surface area contributed by atoms with Crippen molar-refractivity contribution >= 4 is 15.7 Å². The molecule has 1 aromatic heterocycles. The molecule has 26 heavy (non-hydrogen) atoms. The van der Waals surface area contributed by atoms with Gasteiger partial charge in [0.25, 0.3) is 5.91 Å². The molecule has 0 bridgehead atoms. The van der Waals surface area contributed by atoms with E-state index in [2.05, 4.69) is 5.10 Å². The van der Waals surface area contributed by atoms with Crippen LogP contribution in [0.4, 0.5) is 0 Å². The number of hydrogen-bond acceptors (Lipinski definition) is 4. The minimum absolute atomic E-state index is 0.0758. The van der Waals surface area contributed by atoms with Crippen molar-refractivity contribution in [2.24, 2.45) is 0 Å². The molecule has 1 atom stereocenters. The first-order valence-electron chi connectivity index (χ1n) is 9.01. The highest BCUT2D eigenvalue weighted by molar-refractivity contribution is 7.91. The van der Waals surface area contributed by atoms with Crippen molar-refractivity contribution < 1.29 is 13.2 Å². The summed E-state index contributed by atoms with van der Waals surface area (Å²) in [6.45, 7) is 7.10. The summed E-state index contributed by atoms with van der Waals surface area (Å²) < 4.78 is 25.6. The summed E-state index contributed by atoms with van der Waals surface area (Å²) in [6.07, 6.45) is 0.530. The van der Waals surface area contributed by atoms with Crippen molar-refractivity contribution in [2.45, 2.75) is 33.2 Å². The molecular weight excluding hydrogens is 350 g/mol. The Hall–Kier alpha value is -2.15. The molecule has 0 aliphatic carbocycles. The lowest BCUT2D eigenvalue weighted by Gasteiger charge is -2.17. The summed E-state index contributed by atoms with van der Waals surface area (Å²) in [5.74, 6) is 0.124. The Bertz CT molecular complexity index is 897. The maximum atomic E-state index is 12.7. The Kier molecular flexibility index (Phi) is 5.18. The number of rotatable bonds is 5. The van der Waals surface area contributed by atoms with Crippen LogP contribution < -0.4 is 0 Å². The molecule has 7 heteroatoms. The van der Waals surface area contributed by atoms with Gasteiger partial charge >= 0.3 is 0 Å². The molecule has 0 radical (unpaired) electrons. The zero-order valence-electron chi connectivity index (χ0n) is 15.5. The smallest absolute Gasteiger partial charge is 0.274 e. The second-order valence-electron chi connectivity index (χ2n) is 6.76. The van der Waals surface area contributed by atoms with Gasteiger partial charge in [0, 0.05) is 13.1 Å². The van der Waals surface area contributed by atoms with Gasteiger partial charge in [-0.1, -0.05) is 29.8 Å². The molecule has 2 aromatic rings. The fourth-order valence-corrected chi connectivity index (χ4v) is 5.05. The summed E-state index contributed by atoms with van der Waals surface area (Å²) in [7, 11) is -3.04. The molecule has 0 unspecified atom stereocenters. The maximum absolute atomic E-state index is 12.7. The summed E-state index contributed by atoms with van der Waals surface area (Å²) in [6, 6.07) is 9.54. The van der Waals surface area contributed by atoms with Crippen LogP contribution in [0.1, 0.15) is 42.4 Å². The molecule has 1 fully saturated rings. The Morgan fingerprint density at radius 3 is 2.42 bits per heavy atom. The number of hydrogen-bond donors (Lipinski definition) is 0. The average molecular weight is 375 g/mol. The second-order valence-corrected chi connectivity index (χ2v) is 8.99. The minimum Gasteiger partial charge on any atom is -0.338 e. The summed E-state index contributed by atoms with van der Waals surface area (Å²) in [5, 5.41) is 4.53. The van der Waals surface area contributed by atoms with E-state index in [0.29, 0.717) is 25.2 Å². The molecule has 2 heterocycles. The Morgan fingerprint density at radius 2 is 1.88 bits per heavy atom. The van der Waals surface area contributed by atoms with Gasteiger partial charge in [-0.3, -0.25) is 9.48 Å². The molecule has 0 N–H and O–H groups in total. The monoisotopic (exact) mass is 375 g/mol. The van der Waals surface area contributed by atoms with Crippen molar-refractivity contribution in [3.8, 4) is 11.3 Å². The number of amides is 1. The normalized spacial score (nSPS) is 18.8. The van der Waals surface area contributed by atoms with Crippen molar-refractivity contribution in [3.63, 3.8) is 0 Å². The van der Waals surface area contributed by atoms with Crippen LogP contribution in [-0.4, -0.2) is 53.6 Å². The summed E-state index contributed by atoms with van der Waals surface area (Å²) >= 11 is 0. The SMILES string of the molecule is CCN(CC)C(=O)c1cc(-c2ccc(C)cc2)n([C@H]2CCS(=O)(=O)C2)n1. The number of nitrogens with zero attached hydrogens (tertiary/aromatic N) is 3. The molecule has 1 amide bonds. The first kappa shape index (κ1) is 18.6. The zero-order chi connectivity index (χ0) is 18.9. The van der Waals surface area contributed by atoms with E-state index >= 15 is 0 Å². The molecule has 0 saturated carbocycles. The third kappa shape index (κ3) is 3.67. The van der Waals surface area contributed by atoms with Gasteiger partial charge in [-0.25, -0.2) is 8.42 Å². The third-order valence-electron chi connectivity index (χ3n) is 4.91. The highest BCUT2D eigenvalue weighted by Crippen LogP contribution is 2.30. The predicted molar refractivity (Wildman–Crippen MR) is 102 cm³/mol. The number of carbonyl (C=O) groups excluding carboxylic acids is 1. The summed E-state index contributed by atoms with van der Waals surface area (Å²) in [4.78, 5) is 14.5. The van der Waals surface area contributed by atoms with Crippen LogP contribution in [0, 0.1) is 6.92 Å². The number of aryl methyl sites for hydroxylation is 1. The first-order valence-corrected chi connectivity index (χ1v) is 10.8. The van der Waals surface area contributed by atoms with Crippen molar-refractivity contribution in [2.75, 3.05) is 24.6 Å². The molecule has 0 spiro atoms. The van der Waals surface area contributed by atoms with Gasteiger partial charge in [0.05, 0.1) is 23.2 Å². The fourth-order valence-electron chi connectivity index (χ4n) is 3.36. The van der Waals surface area contributed by atoms with Gasteiger partial charge < -0.3 is 4.90 Å². The standard InChI is InChI=1S/C19H25N3O3S/c1-4-21(5-2)19(23)17-12-18(15-8-6-14(3)7-9-15)22(20-17)16-10-11-26(24,25)13-16/h6-9,12,16H,4-5,10-11,13H2,1-3H3/t16-/m0/s1. The lowest BCUT2D eigenvalue weighted by molar-refractivity contribution is 0.0766. The van der Waals surface area contributed by atoms with Gasteiger partial charge in [-0.15, -0.1) is 0 Å². The van der Waals surface area contributed by atoms with Crippen molar-refractivity contribution in [1.82, 2.24) is 14.7 Å².